The number of halogens is 3. The number of hydrogen-bond acceptors (Lipinski definition) is 5. The van der Waals surface area contributed by atoms with Crippen LogP contribution in [0.3, 0.4) is 0 Å². The largest absolute Gasteiger partial charge is 0.497 e. The molecule has 0 spiro atoms. The zero-order valence-electron chi connectivity index (χ0n) is 17.6. The monoisotopic (exact) mass is 538 g/mol. The van der Waals surface area contributed by atoms with E-state index in [1.54, 1.807) is 12.1 Å². The average molecular weight is 538 g/mol. The van der Waals surface area contributed by atoms with Gasteiger partial charge in [-0.1, -0.05) is 5.16 Å². The van der Waals surface area contributed by atoms with Gasteiger partial charge in [0.1, 0.15) is 17.3 Å². The number of nitrogens with zero attached hydrogens (tertiary/aromatic N) is 2. The van der Waals surface area contributed by atoms with Gasteiger partial charge in [-0.3, -0.25) is 0 Å². The van der Waals surface area contributed by atoms with Gasteiger partial charge in [-0.25, -0.2) is 4.99 Å². The van der Waals surface area contributed by atoms with Crippen LogP contribution in [0.25, 0.3) is 0 Å². The minimum Gasteiger partial charge on any atom is -0.497 e. The Labute approximate surface area is 192 Å². The van der Waals surface area contributed by atoms with E-state index >= 15 is 0 Å². The van der Waals surface area contributed by atoms with E-state index in [2.05, 4.69) is 25.5 Å². The van der Waals surface area contributed by atoms with Crippen molar-refractivity contribution in [3.05, 3.63) is 40.8 Å². The number of aliphatic imine (C=N–C) groups is 1. The third-order valence-electron chi connectivity index (χ3n) is 4.31. The third kappa shape index (κ3) is 7.96. The molecule has 0 amide bonds. The number of aryl methyl sites for hydroxylation is 2. The maximum absolute atomic E-state index is 12.7. The van der Waals surface area contributed by atoms with Gasteiger partial charge >= 0.3 is 6.61 Å². The number of guanidine groups is 1. The van der Waals surface area contributed by atoms with E-state index in [-0.39, 0.29) is 36.3 Å². The molecule has 2 rings (SSSR count). The van der Waals surface area contributed by atoms with E-state index in [1.165, 1.54) is 13.2 Å². The van der Waals surface area contributed by atoms with Crippen LogP contribution in [-0.2, 0) is 13.0 Å². The molecule has 0 aliphatic heterocycles. The summed E-state index contributed by atoms with van der Waals surface area (Å²) in [6, 6.07) is 4.67. The SMILES string of the molecule is CCNC(=NCc1cc(OC)ccc1OC(F)F)NCCCc1c(C)noc1C.I. The number of benzene rings is 1. The fourth-order valence-corrected chi connectivity index (χ4v) is 2.85. The zero-order chi connectivity index (χ0) is 21.2. The number of alkyl halides is 2. The highest BCUT2D eigenvalue weighted by Gasteiger charge is 2.12. The highest BCUT2D eigenvalue weighted by Crippen LogP contribution is 2.26. The van der Waals surface area contributed by atoms with Crippen LogP contribution >= 0.6 is 24.0 Å². The second-order valence-corrected chi connectivity index (χ2v) is 6.38. The fraction of sp³-hybridized carbons (Fsp3) is 0.500. The third-order valence-corrected chi connectivity index (χ3v) is 4.31. The predicted molar refractivity (Wildman–Crippen MR) is 122 cm³/mol. The van der Waals surface area contributed by atoms with Crippen molar-refractivity contribution in [2.75, 3.05) is 20.2 Å². The van der Waals surface area contributed by atoms with Crippen molar-refractivity contribution < 1.29 is 22.8 Å². The Morgan fingerprint density at radius 3 is 2.63 bits per heavy atom. The Morgan fingerprint density at radius 2 is 2.03 bits per heavy atom. The second kappa shape index (κ2) is 13.2. The Bertz CT molecular complexity index is 796. The lowest BCUT2D eigenvalue weighted by atomic mass is 10.1. The van der Waals surface area contributed by atoms with E-state index in [0.717, 1.165) is 29.9 Å². The van der Waals surface area contributed by atoms with Crippen molar-refractivity contribution >= 4 is 29.9 Å². The molecule has 30 heavy (non-hydrogen) atoms. The lowest BCUT2D eigenvalue weighted by Gasteiger charge is -2.13. The van der Waals surface area contributed by atoms with E-state index in [0.29, 0.717) is 30.4 Å². The molecular formula is C20H29F2IN4O3. The first-order valence-corrected chi connectivity index (χ1v) is 9.50. The lowest BCUT2D eigenvalue weighted by Crippen LogP contribution is -2.37. The Hall–Kier alpha value is -2.11. The van der Waals surface area contributed by atoms with Gasteiger partial charge in [0.25, 0.3) is 0 Å². The summed E-state index contributed by atoms with van der Waals surface area (Å²) in [4.78, 5) is 4.48. The molecule has 0 aliphatic rings. The maximum Gasteiger partial charge on any atom is 0.387 e. The summed E-state index contributed by atoms with van der Waals surface area (Å²) in [5.41, 5.74) is 2.55. The van der Waals surface area contributed by atoms with Crippen LogP contribution in [0, 0.1) is 13.8 Å². The fourth-order valence-electron chi connectivity index (χ4n) is 2.85. The van der Waals surface area contributed by atoms with E-state index in [4.69, 9.17) is 9.26 Å². The van der Waals surface area contributed by atoms with Gasteiger partial charge in [-0.15, -0.1) is 24.0 Å². The van der Waals surface area contributed by atoms with Crippen molar-refractivity contribution in [3.8, 4) is 11.5 Å². The number of ether oxygens (including phenoxy) is 2. The summed E-state index contributed by atoms with van der Waals surface area (Å²) in [5, 5.41) is 10.4. The molecule has 1 aromatic heterocycles. The van der Waals surface area contributed by atoms with Crippen molar-refractivity contribution in [2.24, 2.45) is 4.99 Å². The van der Waals surface area contributed by atoms with E-state index < -0.39 is 6.61 Å². The quantitative estimate of drug-likeness (QED) is 0.204. The molecule has 168 valence electrons. The number of methoxy groups -OCH3 is 1. The van der Waals surface area contributed by atoms with Crippen LogP contribution in [0.1, 0.15) is 35.9 Å². The smallest absolute Gasteiger partial charge is 0.387 e. The molecule has 0 bridgehead atoms. The number of aromatic nitrogens is 1. The standard InChI is InChI=1S/C20H28F2N4O3.HI/c1-5-23-20(24-10-6-7-17-13(2)26-29-14(17)3)25-12-15-11-16(27-4)8-9-18(15)28-19(21)22;/h8-9,11,19H,5-7,10,12H2,1-4H3,(H2,23,24,25);1H. The first kappa shape index (κ1) is 25.9. The summed E-state index contributed by atoms with van der Waals surface area (Å²) in [5.74, 6) is 2.07. The summed E-state index contributed by atoms with van der Waals surface area (Å²) < 4.78 is 40.2. The minimum atomic E-state index is -2.90. The average Bonchev–Trinajstić information content (AvgIpc) is 3.01. The molecule has 1 aromatic carbocycles. The van der Waals surface area contributed by atoms with Crippen molar-refractivity contribution in [1.29, 1.82) is 0 Å². The molecule has 0 fully saturated rings. The minimum absolute atomic E-state index is 0. The van der Waals surface area contributed by atoms with Crippen LogP contribution in [0.2, 0.25) is 0 Å². The highest BCUT2D eigenvalue weighted by atomic mass is 127. The normalized spacial score (nSPS) is 11.2. The Kier molecular flexibility index (Phi) is 11.4. The molecule has 7 nitrogen and oxygen atoms in total. The Morgan fingerprint density at radius 1 is 1.27 bits per heavy atom. The summed E-state index contributed by atoms with van der Waals surface area (Å²) in [7, 11) is 1.51. The van der Waals surface area contributed by atoms with Gasteiger partial charge in [0.2, 0.25) is 0 Å². The molecule has 2 aromatic rings. The number of nitrogens with one attached hydrogen (secondary N) is 2. The molecule has 0 aliphatic carbocycles. The molecule has 0 atom stereocenters. The van der Waals surface area contributed by atoms with Crippen molar-refractivity contribution in [1.82, 2.24) is 15.8 Å². The molecule has 0 saturated heterocycles. The van der Waals surface area contributed by atoms with Gasteiger partial charge in [-0.05, 0) is 51.8 Å². The second-order valence-electron chi connectivity index (χ2n) is 6.38. The number of rotatable bonds is 10. The summed E-state index contributed by atoms with van der Waals surface area (Å²) in [6.45, 7) is 4.42. The topological polar surface area (TPSA) is 80.9 Å². The van der Waals surface area contributed by atoms with Crippen LogP contribution in [-0.4, -0.2) is 37.9 Å². The van der Waals surface area contributed by atoms with Gasteiger partial charge in [0, 0.05) is 24.2 Å². The van der Waals surface area contributed by atoms with E-state index in [9.17, 15) is 8.78 Å². The van der Waals surface area contributed by atoms with Crippen molar-refractivity contribution in [3.63, 3.8) is 0 Å². The highest BCUT2D eigenvalue weighted by molar-refractivity contribution is 14.0. The van der Waals surface area contributed by atoms with Crippen LogP contribution in [0.5, 0.6) is 11.5 Å². The summed E-state index contributed by atoms with van der Waals surface area (Å²) >= 11 is 0. The van der Waals surface area contributed by atoms with Crippen LogP contribution in [0.4, 0.5) is 8.78 Å². The van der Waals surface area contributed by atoms with Gasteiger partial charge in [0.15, 0.2) is 5.96 Å². The molecule has 0 unspecified atom stereocenters. The summed E-state index contributed by atoms with van der Waals surface area (Å²) in [6.07, 6.45) is 1.71. The van der Waals surface area contributed by atoms with Crippen LogP contribution in [0.15, 0.2) is 27.7 Å². The van der Waals surface area contributed by atoms with E-state index in [1.807, 2.05) is 20.8 Å². The van der Waals surface area contributed by atoms with Crippen LogP contribution < -0.4 is 20.1 Å². The predicted octanol–water partition coefficient (Wildman–Crippen LogP) is 4.21. The number of hydrogen-bond donors (Lipinski definition) is 2. The molecule has 2 N–H and O–H groups in total. The molecule has 10 heteroatoms. The zero-order valence-corrected chi connectivity index (χ0v) is 20.0. The molecule has 1 heterocycles. The maximum atomic E-state index is 12.7. The first-order valence-electron chi connectivity index (χ1n) is 9.50. The van der Waals surface area contributed by atoms with Crippen molar-refractivity contribution in [2.45, 2.75) is 46.8 Å². The van der Waals surface area contributed by atoms with Gasteiger partial charge in [-0.2, -0.15) is 8.78 Å². The first-order chi connectivity index (χ1) is 13.9. The molecule has 0 radical (unpaired) electrons. The lowest BCUT2D eigenvalue weighted by molar-refractivity contribution is -0.0504. The molecular weight excluding hydrogens is 509 g/mol. The Balaban J connectivity index is 0.00000450. The molecule has 0 saturated carbocycles. The van der Waals surface area contributed by atoms with Gasteiger partial charge in [0.05, 0.1) is 19.3 Å². The van der Waals surface area contributed by atoms with Gasteiger partial charge < -0.3 is 24.6 Å².